The molecule has 2 N–H and O–H groups in total. The predicted molar refractivity (Wildman–Crippen MR) is 79.7 cm³/mol. The maximum Gasteiger partial charge on any atom is 0.223 e. The summed E-state index contributed by atoms with van der Waals surface area (Å²) in [4.78, 5) is 23.3. The second-order valence-electron chi connectivity index (χ2n) is 5.49. The molecule has 2 atom stereocenters. The van der Waals surface area contributed by atoms with Crippen molar-refractivity contribution in [1.82, 2.24) is 10.6 Å². The van der Waals surface area contributed by atoms with Crippen LogP contribution in [0.4, 0.5) is 0 Å². The number of hydrogen-bond donors (Lipinski definition) is 2. The first-order chi connectivity index (χ1) is 10.1. The van der Waals surface area contributed by atoms with Crippen LogP contribution in [0.5, 0.6) is 5.75 Å². The van der Waals surface area contributed by atoms with Crippen LogP contribution in [0, 0.1) is 11.8 Å². The summed E-state index contributed by atoms with van der Waals surface area (Å²) in [6.07, 6.45) is 1.28. The lowest BCUT2D eigenvalue weighted by molar-refractivity contribution is -0.123. The number of carbonyl (C=O) groups excluding carboxylic acids is 2. The maximum atomic E-state index is 11.7. The molecule has 0 bridgehead atoms. The van der Waals surface area contributed by atoms with Crippen LogP contribution in [0.1, 0.15) is 25.3 Å². The third-order valence-electron chi connectivity index (χ3n) is 3.75. The lowest BCUT2D eigenvalue weighted by Crippen LogP contribution is -2.31. The first kappa shape index (κ1) is 15.4. The molecule has 0 heterocycles. The average molecular weight is 290 g/mol. The predicted octanol–water partition coefficient (Wildman–Crippen LogP) is 1.47. The number of nitrogens with one attached hydrogen (secondary N) is 2. The van der Waals surface area contributed by atoms with E-state index in [4.69, 9.17) is 4.74 Å². The molecule has 0 aliphatic heterocycles. The Morgan fingerprint density at radius 1 is 1.24 bits per heavy atom. The van der Waals surface area contributed by atoms with Gasteiger partial charge in [-0.25, -0.2) is 0 Å². The standard InChI is InChI=1S/C16H22N2O3/c1-11-9-14(11)16(20)17-8-7-15(19)18-10-12-3-5-13(21-2)6-4-12/h3-6,11,14H,7-10H2,1-2H3,(H,17,20)(H,18,19). The molecular weight excluding hydrogens is 268 g/mol. The zero-order valence-corrected chi connectivity index (χ0v) is 12.5. The summed E-state index contributed by atoms with van der Waals surface area (Å²) in [6, 6.07) is 7.54. The van der Waals surface area contributed by atoms with Gasteiger partial charge in [-0.2, -0.15) is 0 Å². The van der Waals surface area contributed by atoms with Gasteiger partial charge >= 0.3 is 0 Å². The number of hydrogen-bond acceptors (Lipinski definition) is 3. The highest BCUT2D eigenvalue weighted by molar-refractivity contribution is 5.82. The van der Waals surface area contributed by atoms with E-state index in [1.807, 2.05) is 24.3 Å². The zero-order chi connectivity index (χ0) is 15.2. The molecule has 5 heteroatoms. The molecule has 1 aliphatic carbocycles. The van der Waals surface area contributed by atoms with E-state index in [-0.39, 0.29) is 17.7 Å². The van der Waals surface area contributed by atoms with Gasteiger partial charge in [0, 0.05) is 25.4 Å². The van der Waals surface area contributed by atoms with Gasteiger partial charge in [-0.05, 0) is 30.0 Å². The van der Waals surface area contributed by atoms with Crippen molar-refractivity contribution in [3.8, 4) is 5.75 Å². The van der Waals surface area contributed by atoms with Crippen molar-refractivity contribution >= 4 is 11.8 Å². The summed E-state index contributed by atoms with van der Waals surface area (Å²) in [7, 11) is 1.62. The molecule has 2 rings (SSSR count). The van der Waals surface area contributed by atoms with Gasteiger partial charge in [0.15, 0.2) is 0 Å². The van der Waals surface area contributed by atoms with Crippen LogP contribution < -0.4 is 15.4 Å². The topological polar surface area (TPSA) is 67.4 Å². The number of methoxy groups -OCH3 is 1. The van der Waals surface area contributed by atoms with Gasteiger partial charge < -0.3 is 15.4 Å². The quantitative estimate of drug-likeness (QED) is 0.799. The SMILES string of the molecule is COc1ccc(CNC(=O)CCNC(=O)C2CC2C)cc1. The van der Waals surface area contributed by atoms with E-state index in [1.54, 1.807) is 7.11 Å². The molecule has 2 amide bonds. The van der Waals surface area contributed by atoms with Crippen LogP contribution in [-0.2, 0) is 16.1 Å². The van der Waals surface area contributed by atoms with E-state index >= 15 is 0 Å². The van der Waals surface area contributed by atoms with Crippen LogP contribution in [0.15, 0.2) is 24.3 Å². The second-order valence-corrected chi connectivity index (χ2v) is 5.49. The lowest BCUT2D eigenvalue weighted by atomic mass is 10.2. The fourth-order valence-electron chi connectivity index (χ4n) is 2.15. The van der Waals surface area contributed by atoms with E-state index in [1.165, 1.54) is 0 Å². The Morgan fingerprint density at radius 3 is 2.48 bits per heavy atom. The molecule has 1 aromatic carbocycles. The molecule has 1 saturated carbocycles. The highest BCUT2D eigenvalue weighted by Crippen LogP contribution is 2.37. The van der Waals surface area contributed by atoms with Gasteiger partial charge in [0.05, 0.1) is 7.11 Å². The van der Waals surface area contributed by atoms with Gasteiger partial charge in [0.1, 0.15) is 5.75 Å². The number of amides is 2. The Balaban J connectivity index is 1.61. The van der Waals surface area contributed by atoms with Gasteiger partial charge in [-0.3, -0.25) is 9.59 Å². The molecule has 1 fully saturated rings. The van der Waals surface area contributed by atoms with Crippen LogP contribution >= 0.6 is 0 Å². The summed E-state index contributed by atoms with van der Waals surface area (Å²) < 4.78 is 5.07. The summed E-state index contributed by atoms with van der Waals surface area (Å²) >= 11 is 0. The number of ether oxygens (including phenoxy) is 1. The molecule has 0 aromatic heterocycles. The molecule has 114 valence electrons. The van der Waals surface area contributed by atoms with Crippen molar-refractivity contribution in [2.24, 2.45) is 11.8 Å². The molecule has 5 nitrogen and oxygen atoms in total. The Kier molecular flexibility index (Phi) is 5.20. The first-order valence-electron chi connectivity index (χ1n) is 7.27. The zero-order valence-electron chi connectivity index (χ0n) is 12.5. The number of benzene rings is 1. The van der Waals surface area contributed by atoms with E-state index in [2.05, 4.69) is 17.6 Å². The van der Waals surface area contributed by atoms with Crippen LogP contribution in [0.3, 0.4) is 0 Å². The Morgan fingerprint density at radius 2 is 1.90 bits per heavy atom. The average Bonchev–Trinajstić information content (AvgIpc) is 3.22. The van der Waals surface area contributed by atoms with E-state index < -0.39 is 0 Å². The minimum atomic E-state index is -0.0602. The number of carbonyl (C=O) groups is 2. The third kappa shape index (κ3) is 4.77. The lowest BCUT2D eigenvalue weighted by Gasteiger charge is -2.07. The molecule has 0 spiro atoms. The largest absolute Gasteiger partial charge is 0.497 e. The fraction of sp³-hybridized carbons (Fsp3) is 0.500. The highest BCUT2D eigenvalue weighted by Gasteiger charge is 2.38. The van der Waals surface area contributed by atoms with E-state index in [0.29, 0.717) is 25.4 Å². The van der Waals surface area contributed by atoms with Gasteiger partial charge in [0.2, 0.25) is 11.8 Å². The Labute approximate surface area is 125 Å². The molecule has 1 aromatic rings. The smallest absolute Gasteiger partial charge is 0.223 e. The Bertz CT molecular complexity index is 499. The van der Waals surface area contributed by atoms with Crippen molar-refractivity contribution in [2.75, 3.05) is 13.7 Å². The van der Waals surface area contributed by atoms with Crippen molar-refractivity contribution < 1.29 is 14.3 Å². The fourth-order valence-corrected chi connectivity index (χ4v) is 2.15. The number of rotatable bonds is 7. The third-order valence-corrected chi connectivity index (χ3v) is 3.75. The van der Waals surface area contributed by atoms with Crippen LogP contribution in [-0.4, -0.2) is 25.5 Å². The van der Waals surface area contributed by atoms with Gasteiger partial charge in [-0.1, -0.05) is 19.1 Å². The molecular formula is C16H22N2O3. The van der Waals surface area contributed by atoms with Crippen LogP contribution in [0.25, 0.3) is 0 Å². The van der Waals surface area contributed by atoms with Gasteiger partial charge in [-0.15, -0.1) is 0 Å². The summed E-state index contributed by atoms with van der Waals surface area (Å²) in [5.41, 5.74) is 1.01. The molecule has 1 aliphatic rings. The Hall–Kier alpha value is -2.04. The maximum absolute atomic E-state index is 11.7. The van der Waals surface area contributed by atoms with E-state index in [9.17, 15) is 9.59 Å². The highest BCUT2D eigenvalue weighted by atomic mass is 16.5. The normalized spacial score (nSPS) is 19.7. The second kappa shape index (κ2) is 7.11. The molecule has 0 radical (unpaired) electrons. The van der Waals surface area contributed by atoms with Crippen molar-refractivity contribution in [2.45, 2.75) is 26.3 Å². The van der Waals surface area contributed by atoms with Crippen molar-refractivity contribution in [3.63, 3.8) is 0 Å². The summed E-state index contributed by atoms with van der Waals surface area (Å²) in [6.45, 7) is 2.94. The van der Waals surface area contributed by atoms with E-state index in [0.717, 1.165) is 17.7 Å². The van der Waals surface area contributed by atoms with Crippen molar-refractivity contribution in [1.29, 1.82) is 0 Å². The van der Waals surface area contributed by atoms with Crippen LogP contribution in [0.2, 0.25) is 0 Å². The molecule has 2 unspecified atom stereocenters. The minimum absolute atomic E-state index is 0.0602. The minimum Gasteiger partial charge on any atom is -0.497 e. The first-order valence-corrected chi connectivity index (χ1v) is 7.27. The monoisotopic (exact) mass is 290 g/mol. The molecule has 0 saturated heterocycles. The summed E-state index contributed by atoms with van der Waals surface area (Å²) in [5.74, 6) is 1.46. The summed E-state index contributed by atoms with van der Waals surface area (Å²) in [5, 5.41) is 5.64. The van der Waals surface area contributed by atoms with Gasteiger partial charge in [0.25, 0.3) is 0 Å². The van der Waals surface area contributed by atoms with Crippen molar-refractivity contribution in [3.05, 3.63) is 29.8 Å². The molecule has 21 heavy (non-hydrogen) atoms.